The molecule has 0 saturated carbocycles. The van der Waals surface area contributed by atoms with Crippen LogP contribution in [0.3, 0.4) is 0 Å². The number of nitrogens with zero attached hydrogens (tertiary/aromatic N) is 2. The predicted molar refractivity (Wildman–Crippen MR) is 77.5 cm³/mol. The molecular formula is C13H11N3O4S. The van der Waals surface area contributed by atoms with Gasteiger partial charge in [0, 0.05) is 6.07 Å². The monoisotopic (exact) mass is 305 g/mol. The van der Waals surface area contributed by atoms with E-state index >= 15 is 0 Å². The van der Waals surface area contributed by atoms with Crippen molar-refractivity contribution in [2.45, 2.75) is 0 Å². The zero-order chi connectivity index (χ0) is 15.0. The lowest BCUT2D eigenvalue weighted by atomic mass is 10.3. The third-order valence-corrected chi connectivity index (χ3v) is 4.06. The number of hydrogen-bond acceptors (Lipinski definition) is 6. The molecule has 0 fully saturated rings. The van der Waals surface area contributed by atoms with Gasteiger partial charge in [0.2, 0.25) is 0 Å². The Balaban J connectivity index is 2.14. The minimum atomic E-state index is -1.11. The summed E-state index contributed by atoms with van der Waals surface area (Å²) in [6.45, 7) is 0. The molecule has 2 heterocycles. The average Bonchev–Trinajstić information content (AvgIpc) is 2.84. The SMILES string of the molecule is COc1ccc(-n2sc3ncc([NH+]([O-])O)cc3c2=O)cc1. The predicted octanol–water partition coefficient (Wildman–Crippen LogP) is 0.859. The van der Waals surface area contributed by atoms with E-state index in [4.69, 9.17) is 9.94 Å². The molecule has 2 N–H and O–H groups in total. The van der Waals surface area contributed by atoms with Crippen molar-refractivity contribution in [3.05, 3.63) is 52.1 Å². The Labute approximate surface area is 122 Å². The normalized spacial score (nSPS) is 12.5. The number of quaternary nitrogens is 1. The molecule has 1 unspecified atom stereocenters. The molecule has 1 aromatic carbocycles. The quantitative estimate of drug-likeness (QED) is 0.700. The second-order valence-electron chi connectivity index (χ2n) is 4.27. The summed E-state index contributed by atoms with van der Waals surface area (Å²) in [5.74, 6) is 0.694. The third kappa shape index (κ3) is 2.41. The molecule has 108 valence electrons. The van der Waals surface area contributed by atoms with Crippen LogP contribution < -0.4 is 15.5 Å². The maximum Gasteiger partial charge on any atom is 0.275 e. The molecule has 8 heteroatoms. The van der Waals surface area contributed by atoms with Crippen molar-refractivity contribution in [2.75, 3.05) is 7.11 Å². The van der Waals surface area contributed by atoms with Gasteiger partial charge < -0.3 is 9.94 Å². The first-order chi connectivity index (χ1) is 10.1. The summed E-state index contributed by atoms with van der Waals surface area (Å²) >= 11 is 1.17. The average molecular weight is 305 g/mol. The minimum Gasteiger partial charge on any atom is -0.595 e. The summed E-state index contributed by atoms with van der Waals surface area (Å²) in [5, 5.41) is 19.1. The number of nitrogens with one attached hydrogen (secondary N) is 1. The number of fused-ring (bicyclic) bond motifs is 1. The summed E-state index contributed by atoms with van der Waals surface area (Å²) in [7, 11) is 1.57. The Morgan fingerprint density at radius 2 is 2.10 bits per heavy atom. The van der Waals surface area contributed by atoms with Gasteiger partial charge in [-0.3, -0.25) is 4.79 Å². The van der Waals surface area contributed by atoms with Gasteiger partial charge in [-0.15, -0.1) is 0 Å². The van der Waals surface area contributed by atoms with Crippen molar-refractivity contribution in [3.8, 4) is 11.4 Å². The highest BCUT2D eigenvalue weighted by atomic mass is 32.1. The van der Waals surface area contributed by atoms with Crippen LogP contribution in [0.1, 0.15) is 0 Å². The fourth-order valence-electron chi connectivity index (χ4n) is 1.92. The number of aromatic nitrogens is 2. The van der Waals surface area contributed by atoms with Crippen LogP contribution in [0.5, 0.6) is 5.75 Å². The zero-order valence-electron chi connectivity index (χ0n) is 10.9. The fourth-order valence-corrected chi connectivity index (χ4v) is 2.85. The Morgan fingerprint density at radius 1 is 1.38 bits per heavy atom. The first kappa shape index (κ1) is 13.7. The first-order valence-electron chi connectivity index (χ1n) is 6.00. The Kier molecular flexibility index (Phi) is 3.43. The molecule has 0 bridgehead atoms. The fraction of sp³-hybridized carbons (Fsp3) is 0.0769. The zero-order valence-corrected chi connectivity index (χ0v) is 11.8. The molecule has 2 aromatic heterocycles. The van der Waals surface area contributed by atoms with Gasteiger partial charge in [-0.05, 0) is 35.8 Å². The lowest BCUT2D eigenvalue weighted by molar-refractivity contribution is -0.991. The van der Waals surface area contributed by atoms with E-state index in [1.54, 1.807) is 31.4 Å². The maximum atomic E-state index is 12.4. The van der Waals surface area contributed by atoms with Crippen LogP contribution in [0.15, 0.2) is 41.3 Å². The van der Waals surface area contributed by atoms with E-state index in [9.17, 15) is 10.0 Å². The molecule has 0 saturated heterocycles. The van der Waals surface area contributed by atoms with Crippen molar-refractivity contribution in [2.24, 2.45) is 0 Å². The van der Waals surface area contributed by atoms with Crippen LogP contribution >= 0.6 is 11.5 Å². The second-order valence-corrected chi connectivity index (χ2v) is 5.21. The summed E-state index contributed by atoms with van der Waals surface area (Å²) < 4.78 is 6.55. The highest BCUT2D eigenvalue weighted by molar-refractivity contribution is 7.13. The van der Waals surface area contributed by atoms with Gasteiger partial charge >= 0.3 is 0 Å². The van der Waals surface area contributed by atoms with Crippen LogP contribution in [-0.2, 0) is 0 Å². The minimum absolute atomic E-state index is 0.000666. The summed E-state index contributed by atoms with van der Waals surface area (Å²) in [5.41, 5.74) is 0.399. The number of hydrogen-bond donors (Lipinski definition) is 2. The van der Waals surface area contributed by atoms with E-state index in [1.165, 1.54) is 27.8 Å². The van der Waals surface area contributed by atoms with E-state index in [0.29, 0.717) is 21.7 Å². The molecule has 1 atom stereocenters. The van der Waals surface area contributed by atoms with Crippen molar-refractivity contribution >= 4 is 27.4 Å². The maximum absolute atomic E-state index is 12.4. The van der Waals surface area contributed by atoms with E-state index < -0.39 is 5.23 Å². The van der Waals surface area contributed by atoms with Crippen LogP contribution in [0.2, 0.25) is 0 Å². The number of pyridine rings is 1. The largest absolute Gasteiger partial charge is 0.595 e. The first-order valence-corrected chi connectivity index (χ1v) is 6.77. The number of benzene rings is 1. The van der Waals surface area contributed by atoms with Gasteiger partial charge in [0.05, 0.1) is 24.4 Å². The summed E-state index contributed by atoms with van der Waals surface area (Å²) in [6, 6.07) is 8.37. The van der Waals surface area contributed by atoms with E-state index in [2.05, 4.69) is 4.98 Å². The van der Waals surface area contributed by atoms with Crippen LogP contribution in [0.4, 0.5) is 5.69 Å². The van der Waals surface area contributed by atoms with Gasteiger partial charge in [-0.25, -0.2) is 14.1 Å². The standard InChI is InChI=1S/C13H11N3O4S/c1-20-10-4-2-8(3-5-10)15-13(17)11-6-9(16(18)19)7-14-12(11)21-15/h2-7,16,18H,1H3. The lowest BCUT2D eigenvalue weighted by Gasteiger charge is -2.09. The number of rotatable bonds is 3. The molecule has 3 aromatic rings. The van der Waals surface area contributed by atoms with Gasteiger partial charge in [0.25, 0.3) is 5.56 Å². The summed E-state index contributed by atoms with van der Waals surface area (Å²) in [6.07, 6.45) is 1.25. The van der Waals surface area contributed by atoms with Gasteiger partial charge in [-0.1, -0.05) is 0 Å². The van der Waals surface area contributed by atoms with Crippen molar-refractivity contribution < 1.29 is 15.2 Å². The molecule has 0 aliphatic rings. The van der Waals surface area contributed by atoms with Crippen LogP contribution in [0.25, 0.3) is 15.9 Å². The van der Waals surface area contributed by atoms with Gasteiger partial charge in [0.1, 0.15) is 10.6 Å². The van der Waals surface area contributed by atoms with Crippen molar-refractivity contribution in [1.29, 1.82) is 0 Å². The van der Waals surface area contributed by atoms with Crippen LogP contribution in [-0.4, -0.2) is 21.3 Å². The highest BCUT2D eigenvalue weighted by Crippen LogP contribution is 2.21. The summed E-state index contributed by atoms with van der Waals surface area (Å²) in [4.78, 5) is 16.9. The van der Waals surface area contributed by atoms with Crippen molar-refractivity contribution in [3.63, 3.8) is 0 Å². The number of ether oxygens (including phenoxy) is 1. The topological polar surface area (TPSA) is 91.8 Å². The molecule has 0 aliphatic carbocycles. The van der Waals surface area contributed by atoms with Gasteiger partial charge in [0.15, 0.2) is 5.69 Å². The molecule has 7 nitrogen and oxygen atoms in total. The molecule has 3 rings (SSSR count). The smallest absolute Gasteiger partial charge is 0.275 e. The van der Waals surface area contributed by atoms with E-state index in [0.717, 1.165) is 0 Å². The molecular weight excluding hydrogens is 294 g/mol. The molecule has 0 aliphatic heterocycles. The van der Waals surface area contributed by atoms with E-state index in [1.807, 2.05) is 0 Å². The Hall–Kier alpha value is -2.26. The molecule has 0 amide bonds. The molecule has 21 heavy (non-hydrogen) atoms. The second kappa shape index (κ2) is 5.26. The third-order valence-electron chi connectivity index (χ3n) is 3.00. The Bertz CT molecular complexity index is 839. The van der Waals surface area contributed by atoms with E-state index in [-0.39, 0.29) is 11.2 Å². The molecule has 0 radical (unpaired) electrons. The van der Waals surface area contributed by atoms with Gasteiger partial charge in [-0.2, -0.15) is 5.23 Å². The molecule has 0 spiro atoms. The van der Waals surface area contributed by atoms with Crippen LogP contribution in [0, 0.1) is 5.21 Å². The lowest BCUT2D eigenvalue weighted by Crippen LogP contribution is -2.99. The Morgan fingerprint density at radius 3 is 2.71 bits per heavy atom. The highest BCUT2D eigenvalue weighted by Gasteiger charge is 2.13. The number of methoxy groups -OCH3 is 1. The van der Waals surface area contributed by atoms with Crippen molar-refractivity contribution in [1.82, 2.24) is 8.94 Å².